The minimum atomic E-state index is -0.193. The van der Waals surface area contributed by atoms with Crippen LogP contribution >= 0.6 is 0 Å². The molecule has 0 amide bonds. The van der Waals surface area contributed by atoms with Gasteiger partial charge in [0.25, 0.3) is 5.56 Å². The summed E-state index contributed by atoms with van der Waals surface area (Å²) in [5.41, 5.74) is 4.39. The number of H-pyrrole nitrogens is 1. The van der Waals surface area contributed by atoms with Gasteiger partial charge in [-0.05, 0) is 59.2 Å². The van der Waals surface area contributed by atoms with E-state index in [-0.39, 0.29) is 17.1 Å². The number of aromatic amines is 1. The number of fused-ring (bicyclic) bond motifs is 1. The Morgan fingerprint density at radius 1 is 0.848 bits per heavy atom. The second kappa shape index (κ2) is 8.51. The van der Waals surface area contributed by atoms with Gasteiger partial charge in [-0.1, -0.05) is 48.5 Å². The Hall–Kier alpha value is -4.58. The standard InChI is InChI=1S/C27H21N3O3/c31-21-11-6-19(7-12-21)16-24-27(33)30-17-25(20-9-13-22(32)14-10-20)28-23(26(30)29-24)15-8-18-4-2-1-3-5-18/h1-15,17,28,31-32H,16H2/b15-8+. The highest BCUT2D eigenvalue weighted by atomic mass is 16.3. The lowest BCUT2D eigenvalue weighted by Gasteiger charge is -2.11. The summed E-state index contributed by atoms with van der Waals surface area (Å²) in [6.45, 7) is 0. The van der Waals surface area contributed by atoms with E-state index >= 15 is 0 Å². The molecule has 6 heteroatoms. The number of imidazole rings is 1. The molecule has 2 aliphatic heterocycles. The average Bonchev–Trinajstić information content (AvgIpc) is 3.15. The van der Waals surface area contributed by atoms with E-state index in [1.165, 1.54) is 0 Å². The summed E-state index contributed by atoms with van der Waals surface area (Å²) in [6, 6.07) is 23.4. The van der Waals surface area contributed by atoms with Crippen molar-refractivity contribution < 1.29 is 10.2 Å². The van der Waals surface area contributed by atoms with Gasteiger partial charge in [0.1, 0.15) is 17.2 Å². The lowest BCUT2D eigenvalue weighted by atomic mass is 10.1. The Labute approximate surface area is 190 Å². The summed E-state index contributed by atoms with van der Waals surface area (Å²) >= 11 is 0. The summed E-state index contributed by atoms with van der Waals surface area (Å²) in [4.78, 5) is 21.3. The van der Waals surface area contributed by atoms with Crippen LogP contribution in [-0.2, 0) is 6.42 Å². The molecule has 0 saturated carbocycles. The third kappa shape index (κ3) is 4.27. The molecular weight excluding hydrogens is 414 g/mol. The third-order valence-corrected chi connectivity index (χ3v) is 5.43. The lowest BCUT2D eigenvalue weighted by Crippen LogP contribution is -2.17. The predicted molar refractivity (Wildman–Crippen MR) is 129 cm³/mol. The minimum absolute atomic E-state index is 0.173. The summed E-state index contributed by atoms with van der Waals surface area (Å²) in [5, 5.41) is 19.2. The van der Waals surface area contributed by atoms with Crippen molar-refractivity contribution >= 4 is 12.2 Å². The van der Waals surface area contributed by atoms with E-state index in [1.807, 2.05) is 42.5 Å². The zero-order chi connectivity index (χ0) is 22.8. The monoisotopic (exact) mass is 435 g/mol. The molecule has 2 aliphatic rings. The number of phenols is 2. The molecule has 33 heavy (non-hydrogen) atoms. The number of benzene rings is 3. The molecule has 0 atom stereocenters. The zero-order valence-electron chi connectivity index (χ0n) is 17.6. The molecule has 0 spiro atoms. The Bertz CT molecular complexity index is 1450. The Morgan fingerprint density at radius 3 is 2.21 bits per heavy atom. The van der Waals surface area contributed by atoms with Gasteiger partial charge in [0.15, 0.2) is 5.82 Å². The van der Waals surface area contributed by atoms with Crippen molar-refractivity contribution in [3.05, 3.63) is 118 Å². The van der Waals surface area contributed by atoms with Crippen molar-refractivity contribution in [3.63, 3.8) is 0 Å². The lowest BCUT2D eigenvalue weighted by molar-refractivity contribution is 0.474. The quantitative estimate of drug-likeness (QED) is 0.368. The van der Waals surface area contributed by atoms with Gasteiger partial charge in [0, 0.05) is 12.6 Å². The van der Waals surface area contributed by atoms with Crippen LogP contribution in [0.2, 0.25) is 0 Å². The fraction of sp³-hybridized carbons (Fsp3) is 0.0370. The summed E-state index contributed by atoms with van der Waals surface area (Å²) in [5.74, 6) is 0.883. The molecule has 0 aromatic heterocycles. The first kappa shape index (κ1) is 20.3. The SMILES string of the molecule is O=c1c(Cc2ccc(O)cc2)nc2c(/C=C/c3ccccc3)[nH]c(-c3ccc(O)cc3)cn1-2. The van der Waals surface area contributed by atoms with Crippen molar-refractivity contribution in [2.75, 3.05) is 0 Å². The van der Waals surface area contributed by atoms with Crippen LogP contribution in [0, 0.1) is 0 Å². The summed E-state index contributed by atoms with van der Waals surface area (Å²) < 4.78 is 1.55. The highest BCUT2D eigenvalue weighted by molar-refractivity contribution is 5.73. The van der Waals surface area contributed by atoms with E-state index in [0.717, 1.165) is 22.4 Å². The smallest absolute Gasteiger partial charge is 0.278 e. The van der Waals surface area contributed by atoms with Crippen molar-refractivity contribution in [2.45, 2.75) is 6.42 Å². The second-order valence-corrected chi connectivity index (χ2v) is 7.77. The van der Waals surface area contributed by atoms with Crippen LogP contribution < -0.4 is 5.56 Å². The molecule has 0 radical (unpaired) electrons. The fourth-order valence-electron chi connectivity index (χ4n) is 3.71. The van der Waals surface area contributed by atoms with Crippen molar-refractivity contribution in [3.8, 4) is 28.6 Å². The molecule has 0 bridgehead atoms. The van der Waals surface area contributed by atoms with E-state index in [4.69, 9.17) is 0 Å². The molecule has 3 aromatic rings. The van der Waals surface area contributed by atoms with Crippen LogP contribution in [-0.4, -0.2) is 24.7 Å². The number of aromatic hydroxyl groups is 2. The molecule has 0 unspecified atom stereocenters. The number of hydrogen-bond acceptors (Lipinski definition) is 4. The van der Waals surface area contributed by atoms with Crippen LogP contribution in [0.5, 0.6) is 11.5 Å². The van der Waals surface area contributed by atoms with Gasteiger partial charge in [-0.2, -0.15) is 0 Å². The predicted octanol–water partition coefficient (Wildman–Crippen LogP) is 4.84. The average molecular weight is 435 g/mol. The maximum absolute atomic E-state index is 13.2. The van der Waals surface area contributed by atoms with E-state index in [0.29, 0.717) is 23.6 Å². The second-order valence-electron chi connectivity index (χ2n) is 7.77. The van der Waals surface area contributed by atoms with Gasteiger partial charge in [-0.3, -0.25) is 9.36 Å². The van der Waals surface area contributed by atoms with Crippen molar-refractivity contribution in [2.24, 2.45) is 0 Å². The molecule has 0 saturated heterocycles. The number of aromatic nitrogens is 3. The molecule has 2 heterocycles. The van der Waals surface area contributed by atoms with Gasteiger partial charge in [0.05, 0.1) is 11.4 Å². The highest BCUT2D eigenvalue weighted by Gasteiger charge is 2.19. The number of nitrogens with one attached hydrogen (secondary N) is 1. The van der Waals surface area contributed by atoms with Crippen LogP contribution in [0.4, 0.5) is 0 Å². The number of nitrogens with zero attached hydrogens (tertiary/aromatic N) is 2. The maximum atomic E-state index is 13.2. The molecule has 3 N–H and O–H groups in total. The van der Waals surface area contributed by atoms with E-state index in [9.17, 15) is 15.0 Å². The number of hydrogen-bond donors (Lipinski definition) is 3. The molecule has 0 aliphatic carbocycles. The van der Waals surface area contributed by atoms with Crippen LogP contribution in [0.1, 0.15) is 22.5 Å². The first-order valence-electron chi connectivity index (χ1n) is 10.5. The van der Waals surface area contributed by atoms with E-state index < -0.39 is 0 Å². The van der Waals surface area contributed by atoms with Crippen LogP contribution in [0.3, 0.4) is 0 Å². The van der Waals surface area contributed by atoms with Gasteiger partial charge in [-0.15, -0.1) is 0 Å². The zero-order valence-corrected chi connectivity index (χ0v) is 17.6. The molecule has 3 aromatic carbocycles. The first-order chi connectivity index (χ1) is 16.1. The summed E-state index contributed by atoms with van der Waals surface area (Å²) in [6.07, 6.45) is 5.96. The maximum Gasteiger partial charge on any atom is 0.278 e. The summed E-state index contributed by atoms with van der Waals surface area (Å²) in [7, 11) is 0. The van der Waals surface area contributed by atoms with Gasteiger partial charge >= 0.3 is 0 Å². The van der Waals surface area contributed by atoms with Gasteiger partial charge < -0.3 is 15.2 Å². The van der Waals surface area contributed by atoms with Gasteiger partial charge in [-0.25, -0.2) is 4.98 Å². The first-order valence-corrected chi connectivity index (χ1v) is 10.5. The Kier molecular flexibility index (Phi) is 5.24. The number of phenolic OH excluding ortho intramolecular Hbond substituents is 2. The van der Waals surface area contributed by atoms with E-state index in [2.05, 4.69) is 9.97 Å². The fourth-order valence-corrected chi connectivity index (χ4v) is 3.71. The molecule has 0 fully saturated rings. The topological polar surface area (TPSA) is 91.1 Å². The van der Waals surface area contributed by atoms with Gasteiger partial charge in [0.2, 0.25) is 0 Å². The van der Waals surface area contributed by atoms with Crippen molar-refractivity contribution in [1.29, 1.82) is 0 Å². The molecular formula is C27H21N3O3. The van der Waals surface area contributed by atoms with E-state index in [1.54, 1.807) is 59.3 Å². The van der Waals surface area contributed by atoms with Crippen LogP contribution in [0.15, 0.2) is 89.9 Å². The minimum Gasteiger partial charge on any atom is -0.508 e. The molecule has 162 valence electrons. The normalized spacial score (nSPS) is 11.4. The Morgan fingerprint density at radius 2 is 1.52 bits per heavy atom. The largest absolute Gasteiger partial charge is 0.508 e. The number of rotatable bonds is 5. The third-order valence-electron chi connectivity index (χ3n) is 5.43. The van der Waals surface area contributed by atoms with Crippen molar-refractivity contribution in [1.82, 2.24) is 14.5 Å². The van der Waals surface area contributed by atoms with Crippen LogP contribution in [0.25, 0.3) is 29.2 Å². The Balaban J connectivity index is 1.63. The molecule has 5 rings (SSSR count). The highest BCUT2D eigenvalue weighted by Crippen LogP contribution is 2.25. The molecule has 6 nitrogen and oxygen atoms in total.